The molecule has 4 aliphatic rings. The van der Waals surface area contributed by atoms with Crippen LogP contribution >= 0.6 is 0 Å². The minimum atomic E-state index is -0.0135. The Morgan fingerprint density at radius 1 is 0.851 bits per heavy atom. The second kappa shape index (κ2) is 13.4. The Bertz CT molecular complexity index is 1680. The van der Waals surface area contributed by atoms with E-state index < -0.39 is 0 Å². The van der Waals surface area contributed by atoms with Crippen LogP contribution in [0.1, 0.15) is 123 Å². The van der Waals surface area contributed by atoms with Crippen molar-refractivity contribution in [3.8, 4) is 0 Å². The second-order valence-electron chi connectivity index (χ2n) is 16.0. The summed E-state index contributed by atoms with van der Waals surface area (Å²) in [7, 11) is 0. The number of hydrogen-bond acceptors (Lipinski definition) is 1. The molecule has 0 radical (unpaired) electrons. The van der Waals surface area contributed by atoms with E-state index in [4.69, 9.17) is 0 Å². The standard InChI is InChI=1S/C45H59N2/c1-6-45(7-2)42(27-15-26-41-44(4,5)38-24-12-13-25-39(38)47(41)32-30-34-18-8-9-19-34)46(31-16-22-35-21-14-17-33(35)3)40-29-28-36-20-10-11-23-37(36)43(40)45/h10-13,15,20,23-29,33-35H,6-9,14,16-19,21-22,30-32H2,1-5H3/q+1. The maximum atomic E-state index is 2.75. The molecular formula is C45H59N2+. The van der Waals surface area contributed by atoms with Crippen molar-refractivity contribution in [3.63, 3.8) is 0 Å². The number of anilines is 1. The smallest absolute Gasteiger partial charge is 0.209 e. The molecule has 2 saturated carbocycles. The van der Waals surface area contributed by atoms with Gasteiger partial charge in [0, 0.05) is 47.5 Å². The Morgan fingerprint density at radius 3 is 2.38 bits per heavy atom. The fraction of sp³-hybridized carbons (Fsp3) is 0.533. The predicted molar refractivity (Wildman–Crippen MR) is 202 cm³/mol. The van der Waals surface area contributed by atoms with Crippen LogP contribution in [0.2, 0.25) is 0 Å². The monoisotopic (exact) mass is 627 g/mol. The fourth-order valence-corrected chi connectivity index (χ4v) is 10.3. The number of benzene rings is 3. The van der Waals surface area contributed by atoms with Crippen LogP contribution in [0.4, 0.5) is 11.4 Å². The van der Waals surface area contributed by atoms with Crippen molar-refractivity contribution in [2.75, 3.05) is 18.0 Å². The normalized spacial score (nSPS) is 24.4. The first-order valence-corrected chi connectivity index (χ1v) is 19.3. The van der Waals surface area contributed by atoms with Gasteiger partial charge in [-0.3, -0.25) is 0 Å². The van der Waals surface area contributed by atoms with E-state index >= 15 is 0 Å². The van der Waals surface area contributed by atoms with Crippen molar-refractivity contribution in [1.29, 1.82) is 0 Å². The van der Waals surface area contributed by atoms with Gasteiger partial charge in [0.1, 0.15) is 6.54 Å². The molecule has 3 aromatic carbocycles. The Hall–Kier alpha value is -3.13. The molecule has 0 spiro atoms. The fourth-order valence-electron chi connectivity index (χ4n) is 10.3. The summed E-state index contributed by atoms with van der Waals surface area (Å²) in [4.78, 5) is 2.75. The van der Waals surface area contributed by atoms with Crippen LogP contribution in [0.25, 0.3) is 10.8 Å². The molecule has 3 aromatic rings. The van der Waals surface area contributed by atoms with Crippen LogP contribution in [0.5, 0.6) is 0 Å². The van der Waals surface area contributed by atoms with E-state index in [0.29, 0.717) is 0 Å². The number of fused-ring (bicyclic) bond motifs is 4. The van der Waals surface area contributed by atoms with E-state index in [0.717, 1.165) is 43.7 Å². The number of nitrogens with zero attached hydrogens (tertiary/aromatic N) is 2. The van der Waals surface area contributed by atoms with Crippen LogP contribution in [-0.4, -0.2) is 23.4 Å². The van der Waals surface area contributed by atoms with Crippen molar-refractivity contribution in [3.05, 3.63) is 95.7 Å². The van der Waals surface area contributed by atoms with Gasteiger partial charge in [-0.1, -0.05) is 120 Å². The quantitative estimate of drug-likeness (QED) is 0.192. The van der Waals surface area contributed by atoms with Gasteiger partial charge in [-0.15, -0.1) is 0 Å². The lowest BCUT2D eigenvalue weighted by atomic mass is 9.73. The molecule has 2 nitrogen and oxygen atoms in total. The summed E-state index contributed by atoms with van der Waals surface area (Å²) in [6, 6.07) is 23.1. The molecule has 2 heterocycles. The van der Waals surface area contributed by atoms with E-state index in [1.807, 2.05) is 0 Å². The third-order valence-corrected chi connectivity index (χ3v) is 13.2. The lowest BCUT2D eigenvalue weighted by molar-refractivity contribution is -0.439. The Balaban J connectivity index is 1.28. The summed E-state index contributed by atoms with van der Waals surface area (Å²) in [6.07, 6.45) is 23.5. The lowest BCUT2D eigenvalue weighted by Crippen LogP contribution is -2.31. The van der Waals surface area contributed by atoms with Gasteiger partial charge in [0.05, 0.1) is 5.41 Å². The maximum Gasteiger partial charge on any atom is 0.209 e. The highest BCUT2D eigenvalue weighted by Crippen LogP contribution is 2.55. The number of rotatable bonds is 11. The molecule has 2 fully saturated rings. The van der Waals surface area contributed by atoms with E-state index in [2.05, 4.69) is 123 Å². The van der Waals surface area contributed by atoms with Gasteiger partial charge in [-0.25, -0.2) is 0 Å². The van der Waals surface area contributed by atoms with E-state index in [9.17, 15) is 0 Å². The average molecular weight is 628 g/mol. The van der Waals surface area contributed by atoms with Gasteiger partial charge in [0.2, 0.25) is 5.69 Å². The van der Waals surface area contributed by atoms with Gasteiger partial charge < -0.3 is 4.90 Å². The predicted octanol–water partition coefficient (Wildman–Crippen LogP) is 12.0. The Kier molecular flexibility index (Phi) is 9.25. The van der Waals surface area contributed by atoms with Crippen molar-refractivity contribution in [1.82, 2.24) is 0 Å². The Labute approximate surface area is 285 Å². The second-order valence-corrected chi connectivity index (χ2v) is 16.0. The summed E-state index contributed by atoms with van der Waals surface area (Å²) < 4.78 is 2.67. The maximum absolute atomic E-state index is 2.75. The minimum Gasteiger partial charge on any atom is -0.344 e. The molecule has 2 aliphatic carbocycles. The van der Waals surface area contributed by atoms with Gasteiger partial charge in [0.15, 0.2) is 5.71 Å². The highest BCUT2D eigenvalue weighted by Gasteiger charge is 2.46. The molecule has 7 rings (SSSR count). The van der Waals surface area contributed by atoms with Crippen LogP contribution < -0.4 is 4.90 Å². The minimum absolute atomic E-state index is 0.0135. The van der Waals surface area contributed by atoms with Crippen molar-refractivity contribution in [2.24, 2.45) is 17.8 Å². The first kappa shape index (κ1) is 32.4. The topological polar surface area (TPSA) is 6.25 Å². The van der Waals surface area contributed by atoms with E-state index in [-0.39, 0.29) is 10.8 Å². The molecule has 0 bridgehead atoms. The zero-order valence-electron chi connectivity index (χ0n) is 30.0. The van der Waals surface area contributed by atoms with Gasteiger partial charge in [-0.2, -0.15) is 4.58 Å². The highest BCUT2D eigenvalue weighted by molar-refractivity contribution is 6.03. The molecular weight excluding hydrogens is 569 g/mol. The molecule has 2 aliphatic heterocycles. The number of para-hydroxylation sites is 1. The van der Waals surface area contributed by atoms with Gasteiger partial charge in [0.25, 0.3) is 0 Å². The van der Waals surface area contributed by atoms with E-state index in [1.54, 1.807) is 5.56 Å². The molecule has 2 atom stereocenters. The zero-order chi connectivity index (χ0) is 32.6. The molecule has 248 valence electrons. The van der Waals surface area contributed by atoms with Crippen LogP contribution in [-0.2, 0) is 10.8 Å². The first-order chi connectivity index (χ1) is 22.9. The molecule has 0 amide bonds. The molecule has 2 heteroatoms. The zero-order valence-corrected chi connectivity index (χ0v) is 30.0. The van der Waals surface area contributed by atoms with Crippen LogP contribution in [0, 0.1) is 17.8 Å². The number of hydrogen-bond donors (Lipinski definition) is 0. The van der Waals surface area contributed by atoms with Crippen LogP contribution in [0.15, 0.2) is 84.6 Å². The van der Waals surface area contributed by atoms with Gasteiger partial charge >= 0.3 is 0 Å². The summed E-state index contributed by atoms with van der Waals surface area (Å²) >= 11 is 0. The molecule has 0 saturated heterocycles. The van der Waals surface area contributed by atoms with Crippen molar-refractivity contribution < 1.29 is 4.58 Å². The van der Waals surface area contributed by atoms with Crippen LogP contribution in [0.3, 0.4) is 0 Å². The highest BCUT2D eigenvalue weighted by atomic mass is 15.2. The van der Waals surface area contributed by atoms with Crippen molar-refractivity contribution in [2.45, 2.75) is 122 Å². The average Bonchev–Trinajstić information content (AvgIpc) is 3.86. The Morgan fingerprint density at radius 2 is 1.62 bits per heavy atom. The third kappa shape index (κ3) is 5.72. The molecule has 2 unspecified atom stereocenters. The summed E-state index contributed by atoms with van der Waals surface area (Å²) in [5.41, 5.74) is 8.87. The largest absolute Gasteiger partial charge is 0.344 e. The lowest BCUT2D eigenvalue weighted by Gasteiger charge is -2.32. The molecule has 47 heavy (non-hydrogen) atoms. The van der Waals surface area contributed by atoms with Crippen molar-refractivity contribution >= 4 is 27.9 Å². The third-order valence-electron chi connectivity index (χ3n) is 13.2. The summed E-state index contributed by atoms with van der Waals surface area (Å²) in [5.74, 6) is 2.68. The SMILES string of the molecule is CCC1(CC)C(=CC=CC2=[N+](CCC3CCCC3)c3ccccc3C2(C)C)N(CCCC2CCCC2C)c2ccc3ccccc3c21. The molecule has 0 N–H and O–H groups in total. The summed E-state index contributed by atoms with van der Waals surface area (Å²) in [6.45, 7) is 14.4. The summed E-state index contributed by atoms with van der Waals surface area (Å²) in [5, 5.41) is 2.81. The van der Waals surface area contributed by atoms with Gasteiger partial charge in [-0.05, 0) is 85.8 Å². The van der Waals surface area contributed by atoms with E-state index in [1.165, 1.54) is 103 Å². The number of allylic oxidation sites excluding steroid dienone is 4. The molecule has 0 aromatic heterocycles. The first-order valence-electron chi connectivity index (χ1n) is 19.3.